The lowest BCUT2D eigenvalue weighted by Crippen LogP contribution is -2.32. The van der Waals surface area contributed by atoms with Crippen molar-refractivity contribution >= 4 is 43.1 Å². The maximum Gasteiger partial charge on any atom is 0.202 e. The van der Waals surface area contributed by atoms with Gasteiger partial charge in [0, 0.05) is 6.42 Å². The van der Waals surface area contributed by atoms with Crippen LogP contribution < -0.4 is 9.47 Å². The number of fused-ring (bicyclic) bond motifs is 9. The Morgan fingerprint density at radius 1 is 0.529 bits per heavy atom. The van der Waals surface area contributed by atoms with Crippen LogP contribution in [0.15, 0.2) is 146 Å². The number of rotatable bonds is 7. The third-order valence-corrected chi connectivity index (χ3v) is 11.2. The molecular weight excluding hydrogens is 629 g/mol. The van der Waals surface area contributed by atoms with E-state index in [1.165, 1.54) is 65.7 Å². The van der Waals surface area contributed by atoms with Crippen molar-refractivity contribution < 1.29 is 18.9 Å². The third-order valence-electron chi connectivity index (χ3n) is 11.2. The molecule has 0 bridgehead atoms. The van der Waals surface area contributed by atoms with Crippen LogP contribution in [0.25, 0.3) is 54.2 Å². The van der Waals surface area contributed by atoms with Gasteiger partial charge in [0.2, 0.25) is 6.29 Å². The van der Waals surface area contributed by atoms with E-state index in [0.29, 0.717) is 6.61 Å². The fourth-order valence-corrected chi connectivity index (χ4v) is 8.56. The third kappa shape index (κ3) is 4.53. The van der Waals surface area contributed by atoms with Gasteiger partial charge in [-0.15, -0.1) is 0 Å². The van der Waals surface area contributed by atoms with Crippen molar-refractivity contribution in [3.05, 3.63) is 168 Å². The molecule has 11 rings (SSSR count). The van der Waals surface area contributed by atoms with E-state index in [4.69, 9.17) is 18.9 Å². The maximum absolute atomic E-state index is 6.11. The fraction of sp³-hybridized carbons (Fsp3) is 0.149. The van der Waals surface area contributed by atoms with Crippen LogP contribution in [0.1, 0.15) is 28.7 Å². The molecule has 1 aliphatic carbocycles. The van der Waals surface area contributed by atoms with Crippen LogP contribution >= 0.6 is 0 Å². The molecule has 246 valence electrons. The van der Waals surface area contributed by atoms with Crippen molar-refractivity contribution in [1.82, 2.24) is 0 Å². The summed E-state index contributed by atoms with van der Waals surface area (Å²) in [4.78, 5) is 0. The average molecular weight is 663 g/mol. The summed E-state index contributed by atoms with van der Waals surface area (Å²) >= 11 is 0. The molecular formula is C47H34O4. The summed E-state index contributed by atoms with van der Waals surface area (Å²) in [7, 11) is 0. The molecule has 8 aromatic carbocycles. The first-order valence-corrected chi connectivity index (χ1v) is 17.9. The van der Waals surface area contributed by atoms with Gasteiger partial charge in [-0.3, -0.25) is 0 Å². The minimum atomic E-state index is -0.609. The largest absolute Gasteiger partial charge is 0.491 e. The van der Waals surface area contributed by atoms with Crippen molar-refractivity contribution in [3.8, 4) is 22.6 Å². The Hall–Kier alpha value is -5.68. The Kier molecular flexibility index (Phi) is 6.37. The van der Waals surface area contributed by atoms with Crippen LogP contribution in [0.3, 0.4) is 0 Å². The molecule has 2 atom stereocenters. The molecule has 4 nitrogen and oxygen atoms in total. The number of ether oxygens (including phenoxy) is 4. The van der Waals surface area contributed by atoms with Gasteiger partial charge in [-0.2, -0.15) is 0 Å². The number of hydrogen-bond donors (Lipinski definition) is 0. The molecule has 2 unspecified atom stereocenters. The van der Waals surface area contributed by atoms with Crippen LogP contribution in [0.5, 0.6) is 11.5 Å². The van der Waals surface area contributed by atoms with Crippen LogP contribution in [-0.2, 0) is 14.9 Å². The van der Waals surface area contributed by atoms with E-state index in [0.717, 1.165) is 41.9 Å². The number of hydrogen-bond acceptors (Lipinski definition) is 4. The molecule has 0 radical (unpaired) electrons. The average Bonchev–Trinajstić information content (AvgIpc) is 3.95. The highest BCUT2D eigenvalue weighted by Crippen LogP contribution is 2.60. The highest BCUT2D eigenvalue weighted by molar-refractivity contribution is 6.07. The van der Waals surface area contributed by atoms with E-state index in [1.807, 2.05) is 0 Å². The van der Waals surface area contributed by atoms with E-state index < -0.39 is 5.41 Å². The first-order valence-electron chi connectivity index (χ1n) is 17.9. The molecule has 3 aliphatic rings. The molecule has 0 saturated carbocycles. The van der Waals surface area contributed by atoms with Gasteiger partial charge in [0.15, 0.2) is 0 Å². The minimum absolute atomic E-state index is 0.152. The van der Waals surface area contributed by atoms with E-state index in [9.17, 15) is 0 Å². The first kappa shape index (κ1) is 29.1. The summed E-state index contributed by atoms with van der Waals surface area (Å²) in [5.74, 6) is 1.71. The van der Waals surface area contributed by atoms with Crippen molar-refractivity contribution in [2.75, 3.05) is 19.8 Å². The summed E-state index contributed by atoms with van der Waals surface area (Å²) in [5.41, 5.74) is 7.10. The van der Waals surface area contributed by atoms with Gasteiger partial charge in [0.25, 0.3) is 0 Å². The van der Waals surface area contributed by atoms with Crippen LogP contribution in [-0.4, -0.2) is 32.2 Å². The number of benzene rings is 8. The summed E-state index contributed by atoms with van der Waals surface area (Å²) in [6.45, 7) is 2.13. The highest BCUT2D eigenvalue weighted by atomic mass is 16.7. The first-order chi connectivity index (χ1) is 25.2. The SMILES string of the molecule is c1ccc2c3c(ccc2c1)-c1ccc2ccccc2c1C3(c1ccc2cc(OCC3CO3)ccc2c1)c1ccc2cc(OC3CCO3)ccc2c1. The minimum Gasteiger partial charge on any atom is -0.491 e. The molecule has 2 heterocycles. The van der Waals surface area contributed by atoms with Crippen LogP contribution in [0.2, 0.25) is 0 Å². The smallest absolute Gasteiger partial charge is 0.202 e. The van der Waals surface area contributed by atoms with Gasteiger partial charge in [0.1, 0.15) is 24.2 Å². The lowest BCUT2D eigenvalue weighted by Gasteiger charge is -2.36. The maximum atomic E-state index is 6.11. The summed E-state index contributed by atoms with van der Waals surface area (Å²) in [6.07, 6.45) is 0.990. The standard InChI is InChI=1S/C47H34O4/c1-3-7-40-29(5-1)13-19-42-43-20-14-30-6-2-4-8-41(30)46(43)47(45(40)42,35-15-9-33-25-37(17-11-31(33)23-35)49-27-39-28-50-39)36-16-10-34-26-38(18-12-32(34)24-36)51-44-21-22-48-44/h1-20,23-26,39,44H,21-22,27-28H2. The van der Waals surface area contributed by atoms with E-state index >= 15 is 0 Å². The molecule has 0 amide bonds. The van der Waals surface area contributed by atoms with Crippen LogP contribution in [0, 0.1) is 0 Å². The summed E-state index contributed by atoms with van der Waals surface area (Å²) < 4.78 is 23.1. The van der Waals surface area contributed by atoms with E-state index in [-0.39, 0.29) is 12.4 Å². The lowest BCUT2D eigenvalue weighted by molar-refractivity contribution is -0.165. The fourth-order valence-electron chi connectivity index (χ4n) is 8.56. The van der Waals surface area contributed by atoms with E-state index in [1.54, 1.807) is 0 Å². The summed E-state index contributed by atoms with van der Waals surface area (Å²) in [6, 6.07) is 53.9. The van der Waals surface area contributed by atoms with Crippen molar-refractivity contribution in [2.45, 2.75) is 24.2 Å². The predicted octanol–water partition coefficient (Wildman–Crippen LogP) is 10.6. The van der Waals surface area contributed by atoms with Crippen molar-refractivity contribution in [1.29, 1.82) is 0 Å². The van der Waals surface area contributed by atoms with Gasteiger partial charge < -0.3 is 18.9 Å². The van der Waals surface area contributed by atoms with Gasteiger partial charge in [-0.1, -0.05) is 109 Å². The monoisotopic (exact) mass is 662 g/mol. The second kappa shape index (κ2) is 11.2. The molecule has 2 saturated heterocycles. The normalized spacial score (nSPS) is 18.4. The highest BCUT2D eigenvalue weighted by Gasteiger charge is 2.48. The van der Waals surface area contributed by atoms with E-state index in [2.05, 4.69) is 146 Å². The molecule has 2 aliphatic heterocycles. The van der Waals surface area contributed by atoms with Gasteiger partial charge in [-0.25, -0.2) is 0 Å². The topological polar surface area (TPSA) is 40.2 Å². The zero-order valence-electron chi connectivity index (χ0n) is 28.0. The molecule has 2 fully saturated rings. The molecule has 4 heteroatoms. The zero-order valence-corrected chi connectivity index (χ0v) is 28.0. The summed E-state index contributed by atoms with van der Waals surface area (Å²) in [5, 5.41) is 9.66. The Balaban J connectivity index is 1.21. The number of epoxide rings is 1. The second-order valence-electron chi connectivity index (χ2n) is 14.1. The Morgan fingerprint density at radius 2 is 1.04 bits per heavy atom. The Bertz CT molecular complexity index is 2600. The van der Waals surface area contributed by atoms with Gasteiger partial charge in [-0.05, 0) is 113 Å². The Labute approximate surface area is 295 Å². The lowest BCUT2D eigenvalue weighted by atomic mass is 9.65. The quantitative estimate of drug-likeness (QED) is 0.159. The molecule has 0 spiro atoms. The zero-order chi connectivity index (χ0) is 33.5. The second-order valence-corrected chi connectivity index (χ2v) is 14.1. The molecule has 0 aromatic heterocycles. The van der Waals surface area contributed by atoms with Crippen molar-refractivity contribution in [3.63, 3.8) is 0 Å². The van der Waals surface area contributed by atoms with Gasteiger partial charge in [0.05, 0.1) is 18.6 Å². The molecule has 0 N–H and O–H groups in total. The van der Waals surface area contributed by atoms with Crippen molar-refractivity contribution in [2.24, 2.45) is 0 Å². The Morgan fingerprint density at radius 3 is 1.61 bits per heavy atom. The van der Waals surface area contributed by atoms with Crippen LogP contribution in [0.4, 0.5) is 0 Å². The van der Waals surface area contributed by atoms with Gasteiger partial charge >= 0.3 is 0 Å². The molecule has 51 heavy (non-hydrogen) atoms. The molecule has 8 aromatic rings. The predicted molar refractivity (Wildman–Crippen MR) is 204 cm³/mol.